The zero-order valence-electron chi connectivity index (χ0n) is 18.3. The number of nitrogens with one attached hydrogen (secondary N) is 1. The van der Waals surface area contributed by atoms with Crippen LogP contribution in [0.1, 0.15) is 24.8 Å². The minimum atomic E-state index is -0.0718. The highest BCUT2D eigenvalue weighted by molar-refractivity contribution is 5.89. The van der Waals surface area contributed by atoms with Gasteiger partial charge in [-0.05, 0) is 49.9 Å². The van der Waals surface area contributed by atoms with E-state index >= 15 is 0 Å². The fourth-order valence-electron chi connectivity index (χ4n) is 4.48. The standard InChI is InChI=1S/C25H32N4O2/c1-20-9-11-22(12-10-20)26-25(31)29-13-5-6-21(19-29)18-24(30)28-16-14-27(15-17-28)23-7-3-2-4-8-23/h2-4,7-12,21H,5-6,13-19H2,1H3,(H,26,31)/t21-/m1/s1. The Morgan fingerprint density at radius 2 is 1.61 bits per heavy atom. The number of hydrogen-bond acceptors (Lipinski definition) is 3. The van der Waals surface area contributed by atoms with Crippen LogP contribution in [0.4, 0.5) is 16.2 Å². The number of rotatable bonds is 4. The Labute approximate surface area is 184 Å². The molecule has 2 heterocycles. The number of para-hydroxylation sites is 1. The molecule has 1 atom stereocenters. The molecule has 2 aliphatic rings. The number of piperidine rings is 1. The van der Waals surface area contributed by atoms with Crippen LogP contribution in [0.5, 0.6) is 0 Å². The van der Waals surface area contributed by atoms with Crippen LogP contribution < -0.4 is 10.2 Å². The van der Waals surface area contributed by atoms with Crippen LogP contribution in [-0.4, -0.2) is 61.0 Å². The van der Waals surface area contributed by atoms with Gasteiger partial charge in [0.15, 0.2) is 0 Å². The maximum absolute atomic E-state index is 12.9. The average Bonchev–Trinajstić information content (AvgIpc) is 2.81. The predicted octanol–water partition coefficient (Wildman–Crippen LogP) is 3.98. The molecule has 164 valence electrons. The van der Waals surface area contributed by atoms with E-state index in [1.807, 2.05) is 47.1 Å². The fraction of sp³-hybridized carbons (Fsp3) is 0.440. The number of urea groups is 1. The summed E-state index contributed by atoms with van der Waals surface area (Å²) in [7, 11) is 0. The number of anilines is 2. The van der Waals surface area contributed by atoms with Crippen LogP contribution in [-0.2, 0) is 4.79 Å². The van der Waals surface area contributed by atoms with E-state index in [0.29, 0.717) is 13.0 Å². The minimum absolute atomic E-state index is 0.0718. The lowest BCUT2D eigenvalue weighted by atomic mass is 9.94. The molecule has 0 bridgehead atoms. The van der Waals surface area contributed by atoms with E-state index < -0.39 is 0 Å². The summed E-state index contributed by atoms with van der Waals surface area (Å²) in [6.07, 6.45) is 2.48. The topological polar surface area (TPSA) is 55.9 Å². The lowest BCUT2D eigenvalue weighted by Gasteiger charge is -2.38. The van der Waals surface area contributed by atoms with Crippen LogP contribution in [0.15, 0.2) is 54.6 Å². The molecule has 2 fully saturated rings. The van der Waals surface area contributed by atoms with Crippen LogP contribution in [0.2, 0.25) is 0 Å². The molecule has 2 aromatic rings. The first-order valence-electron chi connectivity index (χ1n) is 11.3. The molecule has 1 N–H and O–H groups in total. The Balaban J connectivity index is 1.25. The first-order chi connectivity index (χ1) is 15.1. The van der Waals surface area contributed by atoms with Gasteiger partial charge in [0.2, 0.25) is 5.91 Å². The number of likely N-dealkylation sites (tertiary alicyclic amines) is 1. The van der Waals surface area contributed by atoms with Crippen molar-refractivity contribution in [1.82, 2.24) is 9.80 Å². The zero-order chi connectivity index (χ0) is 21.6. The molecule has 0 aromatic heterocycles. The van der Waals surface area contributed by atoms with Crippen molar-refractivity contribution in [3.8, 4) is 0 Å². The smallest absolute Gasteiger partial charge is 0.321 e. The highest BCUT2D eigenvalue weighted by Gasteiger charge is 2.28. The molecule has 6 heteroatoms. The van der Waals surface area contributed by atoms with E-state index in [1.54, 1.807) is 0 Å². The lowest BCUT2D eigenvalue weighted by molar-refractivity contribution is -0.132. The molecule has 2 aromatic carbocycles. The maximum Gasteiger partial charge on any atom is 0.321 e. The number of hydrogen-bond donors (Lipinski definition) is 1. The Bertz CT molecular complexity index is 876. The minimum Gasteiger partial charge on any atom is -0.368 e. The van der Waals surface area contributed by atoms with E-state index in [4.69, 9.17) is 0 Å². The first kappa shape index (κ1) is 21.2. The molecule has 0 unspecified atom stereocenters. The molecule has 0 radical (unpaired) electrons. The number of carbonyl (C=O) groups is 2. The van der Waals surface area contributed by atoms with Crippen molar-refractivity contribution in [1.29, 1.82) is 0 Å². The second-order valence-corrected chi connectivity index (χ2v) is 8.66. The van der Waals surface area contributed by atoms with Gasteiger partial charge in [-0.3, -0.25) is 4.79 Å². The number of benzene rings is 2. The van der Waals surface area contributed by atoms with Gasteiger partial charge in [0, 0.05) is 57.1 Å². The highest BCUT2D eigenvalue weighted by atomic mass is 16.2. The van der Waals surface area contributed by atoms with Crippen LogP contribution >= 0.6 is 0 Å². The second-order valence-electron chi connectivity index (χ2n) is 8.66. The van der Waals surface area contributed by atoms with Crippen molar-refractivity contribution in [3.63, 3.8) is 0 Å². The third kappa shape index (κ3) is 5.57. The highest BCUT2D eigenvalue weighted by Crippen LogP contribution is 2.23. The molecule has 4 rings (SSSR count). The Kier molecular flexibility index (Phi) is 6.75. The quantitative estimate of drug-likeness (QED) is 0.814. The Morgan fingerprint density at radius 3 is 2.32 bits per heavy atom. The van der Waals surface area contributed by atoms with Crippen molar-refractivity contribution < 1.29 is 9.59 Å². The molecular weight excluding hydrogens is 388 g/mol. The summed E-state index contributed by atoms with van der Waals surface area (Å²) < 4.78 is 0. The second kappa shape index (κ2) is 9.86. The molecule has 0 spiro atoms. The van der Waals surface area contributed by atoms with E-state index in [1.165, 1.54) is 11.3 Å². The van der Waals surface area contributed by atoms with Gasteiger partial charge in [-0.15, -0.1) is 0 Å². The van der Waals surface area contributed by atoms with Crippen molar-refractivity contribution in [2.75, 3.05) is 49.5 Å². The fourth-order valence-corrected chi connectivity index (χ4v) is 4.48. The SMILES string of the molecule is Cc1ccc(NC(=O)N2CCC[C@H](CC(=O)N3CCN(c4ccccc4)CC3)C2)cc1. The summed E-state index contributed by atoms with van der Waals surface area (Å²) in [5, 5.41) is 2.98. The number of amides is 3. The molecule has 2 saturated heterocycles. The Morgan fingerprint density at radius 1 is 0.903 bits per heavy atom. The zero-order valence-corrected chi connectivity index (χ0v) is 18.3. The number of piperazine rings is 1. The summed E-state index contributed by atoms with van der Waals surface area (Å²) >= 11 is 0. The number of nitrogens with zero attached hydrogens (tertiary/aromatic N) is 3. The van der Waals surface area contributed by atoms with Crippen molar-refractivity contribution >= 4 is 23.3 Å². The van der Waals surface area contributed by atoms with Crippen LogP contribution in [0.3, 0.4) is 0 Å². The Hall–Kier alpha value is -3.02. The molecule has 0 saturated carbocycles. The van der Waals surface area contributed by atoms with Gasteiger partial charge in [-0.25, -0.2) is 4.79 Å². The van der Waals surface area contributed by atoms with Crippen molar-refractivity contribution in [3.05, 3.63) is 60.2 Å². The summed E-state index contributed by atoms with van der Waals surface area (Å²) in [6.45, 7) is 6.68. The van der Waals surface area contributed by atoms with Gasteiger partial charge < -0.3 is 20.0 Å². The lowest BCUT2D eigenvalue weighted by Crippen LogP contribution is -2.50. The van der Waals surface area contributed by atoms with E-state index in [2.05, 4.69) is 34.5 Å². The predicted molar refractivity (Wildman–Crippen MR) is 124 cm³/mol. The molecule has 6 nitrogen and oxygen atoms in total. The summed E-state index contributed by atoms with van der Waals surface area (Å²) in [5.41, 5.74) is 3.20. The molecular formula is C25H32N4O2. The van der Waals surface area contributed by atoms with E-state index in [9.17, 15) is 9.59 Å². The summed E-state index contributed by atoms with van der Waals surface area (Å²) in [4.78, 5) is 31.7. The van der Waals surface area contributed by atoms with Gasteiger partial charge in [-0.1, -0.05) is 35.9 Å². The first-order valence-corrected chi connectivity index (χ1v) is 11.3. The maximum atomic E-state index is 12.9. The molecule has 31 heavy (non-hydrogen) atoms. The third-order valence-corrected chi connectivity index (χ3v) is 6.33. The van der Waals surface area contributed by atoms with Crippen molar-refractivity contribution in [2.24, 2.45) is 5.92 Å². The van der Waals surface area contributed by atoms with Crippen LogP contribution in [0, 0.1) is 12.8 Å². The van der Waals surface area contributed by atoms with Gasteiger partial charge in [0.25, 0.3) is 0 Å². The molecule has 0 aliphatic carbocycles. The van der Waals surface area contributed by atoms with Gasteiger partial charge in [-0.2, -0.15) is 0 Å². The van der Waals surface area contributed by atoms with Crippen molar-refractivity contribution in [2.45, 2.75) is 26.2 Å². The molecule has 2 aliphatic heterocycles. The van der Waals surface area contributed by atoms with Crippen LogP contribution in [0.25, 0.3) is 0 Å². The van der Waals surface area contributed by atoms with Gasteiger partial charge in [0.05, 0.1) is 0 Å². The monoisotopic (exact) mass is 420 g/mol. The third-order valence-electron chi connectivity index (χ3n) is 6.33. The van der Waals surface area contributed by atoms with Gasteiger partial charge in [0.1, 0.15) is 0 Å². The number of carbonyl (C=O) groups excluding carboxylic acids is 2. The summed E-state index contributed by atoms with van der Waals surface area (Å²) in [6, 6.07) is 18.1. The average molecular weight is 421 g/mol. The van der Waals surface area contributed by atoms with E-state index in [-0.39, 0.29) is 17.9 Å². The summed E-state index contributed by atoms with van der Waals surface area (Å²) in [5.74, 6) is 0.454. The van der Waals surface area contributed by atoms with E-state index in [0.717, 1.165) is 51.3 Å². The molecule has 3 amide bonds. The van der Waals surface area contributed by atoms with Gasteiger partial charge >= 0.3 is 6.03 Å². The normalized spacial score (nSPS) is 19.3. The largest absolute Gasteiger partial charge is 0.368 e. The number of aryl methyl sites for hydroxylation is 1.